The Balaban J connectivity index is 3.66. The highest BCUT2D eigenvalue weighted by atomic mass is 16.6. The van der Waals surface area contributed by atoms with E-state index in [-0.39, 0.29) is 0 Å². The van der Waals surface area contributed by atoms with E-state index in [2.05, 4.69) is 20.9 Å². The van der Waals surface area contributed by atoms with Gasteiger partial charge in [0.05, 0.1) is 0 Å². The van der Waals surface area contributed by atoms with Crippen LogP contribution in [0.3, 0.4) is 0 Å². The lowest BCUT2D eigenvalue weighted by Gasteiger charge is -2.19. The number of aliphatic imine (C=N–C) groups is 1. The molecule has 1 amide bonds. The van der Waals surface area contributed by atoms with Crippen molar-refractivity contribution in [2.45, 2.75) is 39.7 Å². The van der Waals surface area contributed by atoms with Gasteiger partial charge in [0, 0.05) is 39.9 Å². The number of carbonyl (C=O) groups is 1. The molecule has 0 heterocycles. The monoisotopic (exact) mass is 302 g/mol. The summed E-state index contributed by atoms with van der Waals surface area (Å²) in [5.74, 6) is 0.706. The van der Waals surface area contributed by atoms with E-state index in [0.717, 1.165) is 26.2 Å². The van der Waals surface area contributed by atoms with Crippen LogP contribution in [-0.2, 0) is 9.47 Å². The predicted octanol–water partition coefficient (Wildman–Crippen LogP) is 1.10. The molecule has 0 radical (unpaired) electrons. The Morgan fingerprint density at radius 3 is 2.29 bits per heavy atom. The molecule has 0 unspecified atom stereocenters. The molecular weight excluding hydrogens is 272 g/mol. The first kappa shape index (κ1) is 19.5. The van der Waals surface area contributed by atoms with Crippen LogP contribution in [0, 0.1) is 0 Å². The Kier molecular flexibility index (Phi) is 10.4. The van der Waals surface area contributed by atoms with Gasteiger partial charge in [-0.05, 0) is 34.1 Å². The van der Waals surface area contributed by atoms with Crippen molar-refractivity contribution >= 4 is 12.1 Å². The number of alkyl carbamates (subject to hydrolysis) is 1. The minimum atomic E-state index is -0.477. The maximum absolute atomic E-state index is 11.4. The molecule has 0 aromatic rings. The van der Waals surface area contributed by atoms with E-state index in [9.17, 15) is 4.79 Å². The summed E-state index contributed by atoms with van der Waals surface area (Å²) < 4.78 is 10.4. The van der Waals surface area contributed by atoms with Crippen LogP contribution in [0.25, 0.3) is 0 Å². The molecule has 0 aromatic carbocycles. The zero-order valence-corrected chi connectivity index (χ0v) is 13.9. The van der Waals surface area contributed by atoms with Gasteiger partial charge in [-0.2, -0.15) is 0 Å². The first-order valence-electron chi connectivity index (χ1n) is 7.38. The van der Waals surface area contributed by atoms with Crippen LogP contribution in [0.4, 0.5) is 4.79 Å². The van der Waals surface area contributed by atoms with E-state index in [1.165, 1.54) is 0 Å². The molecular formula is C14H30N4O3. The van der Waals surface area contributed by atoms with Crippen LogP contribution in [0.1, 0.15) is 34.1 Å². The zero-order chi connectivity index (χ0) is 16.1. The Bertz CT molecular complexity index is 314. The van der Waals surface area contributed by atoms with Crippen LogP contribution >= 0.6 is 0 Å². The lowest BCUT2D eigenvalue weighted by molar-refractivity contribution is 0.0529. The third kappa shape index (κ3) is 13.2. The van der Waals surface area contributed by atoms with Gasteiger partial charge >= 0.3 is 6.09 Å². The maximum Gasteiger partial charge on any atom is 0.407 e. The molecule has 3 N–H and O–H groups in total. The second-order valence-corrected chi connectivity index (χ2v) is 5.40. The van der Waals surface area contributed by atoms with Crippen LogP contribution in [0.15, 0.2) is 4.99 Å². The molecule has 0 saturated heterocycles. The largest absolute Gasteiger partial charge is 0.444 e. The summed E-state index contributed by atoms with van der Waals surface area (Å²) >= 11 is 0. The number of nitrogens with zero attached hydrogens (tertiary/aromatic N) is 1. The van der Waals surface area contributed by atoms with Gasteiger partial charge in [0.2, 0.25) is 0 Å². The number of guanidine groups is 1. The van der Waals surface area contributed by atoms with Gasteiger partial charge in [-0.15, -0.1) is 0 Å². The molecule has 0 atom stereocenters. The minimum Gasteiger partial charge on any atom is -0.444 e. The van der Waals surface area contributed by atoms with Gasteiger partial charge in [0.1, 0.15) is 5.60 Å². The van der Waals surface area contributed by atoms with Crippen molar-refractivity contribution in [3.8, 4) is 0 Å². The second kappa shape index (κ2) is 11.2. The van der Waals surface area contributed by atoms with Crippen LogP contribution < -0.4 is 16.0 Å². The Hall–Kier alpha value is -1.50. The number of hydrogen-bond donors (Lipinski definition) is 3. The van der Waals surface area contributed by atoms with E-state index >= 15 is 0 Å². The van der Waals surface area contributed by atoms with Crippen molar-refractivity contribution in [1.29, 1.82) is 0 Å². The molecule has 0 bridgehead atoms. The van der Waals surface area contributed by atoms with Crippen LogP contribution in [0.5, 0.6) is 0 Å². The normalized spacial score (nSPS) is 12.0. The molecule has 0 fully saturated rings. The topological polar surface area (TPSA) is 84.0 Å². The highest BCUT2D eigenvalue weighted by molar-refractivity contribution is 5.79. The Morgan fingerprint density at radius 1 is 1.10 bits per heavy atom. The highest BCUT2D eigenvalue weighted by Crippen LogP contribution is 2.05. The molecule has 7 nitrogen and oxygen atoms in total. The van der Waals surface area contributed by atoms with E-state index in [4.69, 9.17) is 9.47 Å². The number of carbonyl (C=O) groups excluding carboxylic acids is 1. The molecule has 0 rings (SSSR count). The number of hydrogen-bond acceptors (Lipinski definition) is 4. The average molecular weight is 302 g/mol. The fourth-order valence-corrected chi connectivity index (χ4v) is 1.41. The SMILES string of the molecule is CCOCCCNC(=NC)NCCNC(=O)OC(C)(C)C. The van der Waals surface area contributed by atoms with Crippen LogP contribution in [0.2, 0.25) is 0 Å². The molecule has 0 aliphatic heterocycles. The molecule has 21 heavy (non-hydrogen) atoms. The number of rotatable bonds is 8. The maximum atomic E-state index is 11.4. The molecule has 124 valence electrons. The fraction of sp³-hybridized carbons (Fsp3) is 0.857. The zero-order valence-electron chi connectivity index (χ0n) is 13.9. The van der Waals surface area contributed by atoms with Crippen molar-refractivity contribution in [3.63, 3.8) is 0 Å². The highest BCUT2D eigenvalue weighted by Gasteiger charge is 2.15. The second-order valence-electron chi connectivity index (χ2n) is 5.40. The Labute approximate surface area is 127 Å². The number of amides is 1. The third-order valence-electron chi connectivity index (χ3n) is 2.27. The number of ether oxygens (including phenoxy) is 2. The molecule has 0 aliphatic carbocycles. The fourth-order valence-electron chi connectivity index (χ4n) is 1.41. The first-order valence-corrected chi connectivity index (χ1v) is 7.38. The lowest BCUT2D eigenvalue weighted by Crippen LogP contribution is -2.42. The van der Waals surface area contributed by atoms with Gasteiger partial charge < -0.3 is 25.4 Å². The summed E-state index contributed by atoms with van der Waals surface area (Å²) in [6.07, 6.45) is 0.508. The van der Waals surface area contributed by atoms with Crippen molar-refractivity contribution < 1.29 is 14.3 Å². The van der Waals surface area contributed by atoms with Gasteiger partial charge in [-0.1, -0.05) is 0 Å². The summed E-state index contributed by atoms with van der Waals surface area (Å²) in [6, 6.07) is 0. The van der Waals surface area contributed by atoms with Crippen molar-refractivity contribution in [2.24, 2.45) is 4.99 Å². The summed E-state index contributed by atoms with van der Waals surface area (Å²) in [6.45, 7) is 10.8. The molecule has 7 heteroatoms. The van der Waals surface area contributed by atoms with Crippen molar-refractivity contribution in [1.82, 2.24) is 16.0 Å². The molecule has 0 aromatic heterocycles. The van der Waals surface area contributed by atoms with Gasteiger partial charge in [-0.25, -0.2) is 4.79 Å². The summed E-state index contributed by atoms with van der Waals surface area (Å²) in [4.78, 5) is 15.5. The third-order valence-corrected chi connectivity index (χ3v) is 2.27. The van der Waals surface area contributed by atoms with Gasteiger partial charge in [0.25, 0.3) is 0 Å². The number of nitrogens with one attached hydrogen (secondary N) is 3. The van der Waals surface area contributed by atoms with Gasteiger partial charge in [0.15, 0.2) is 5.96 Å². The lowest BCUT2D eigenvalue weighted by atomic mass is 10.2. The van der Waals surface area contributed by atoms with Crippen molar-refractivity contribution in [2.75, 3.05) is 39.9 Å². The van der Waals surface area contributed by atoms with E-state index in [1.807, 2.05) is 27.7 Å². The van der Waals surface area contributed by atoms with E-state index < -0.39 is 11.7 Å². The first-order chi connectivity index (χ1) is 9.89. The summed E-state index contributed by atoms with van der Waals surface area (Å²) in [5, 5.41) is 8.95. The summed E-state index contributed by atoms with van der Waals surface area (Å²) in [7, 11) is 1.71. The van der Waals surface area contributed by atoms with E-state index in [1.54, 1.807) is 7.05 Å². The van der Waals surface area contributed by atoms with Crippen molar-refractivity contribution in [3.05, 3.63) is 0 Å². The average Bonchev–Trinajstić information content (AvgIpc) is 2.39. The standard InChI is InChI=1S/C14H30N4O3/c1-6-20-11-7-8-16-12(15-5)17-9-10-18-13(19)21-14(2,3)4/h6-11H2,1-5H3,(H,18,19)(H2,15,16,17). The smallest absolute Gasteiger partial charge is 0.407 e. The molecule has 0 saturated carbocycles. The quantitative estimate of drug-likeness (QED) is 0.355. The van der Waals surface area contributed by atoms with Gasteiger partial charge in [-0.3, -0.25) is 4.99 Å². The molecule has 0 aliphatic rings. The summed E-state index contributed by atoms with van der Waals surface area (Å²) in [5.41, 5.74) is -0.477. The minimum absolute atomic E-state index is 0.413. The predicted molar refractivity (Wildman–Crippen MR) is 84.7 cm³/mol. The van der Waals surface area contributed by atoms with Crippen LogP contribution in [-0.4, -0.2) is 57.5 Å². The van der Waals surface area contributed by atoms with E-state index in [0.29, 0.717) is 19.0 Å². The molecule has 0 spiro atoms. The Morgan fingerprint density at radius 2 is 1.71 bits per heavy atom.